The average molecular weight is 1350 g/mol. The van der Waals surface area contributed by atoms with Gasteiger partial charge in [-0.25, -0.2) is 29.5 Å². The zero-order chi connectivity index (χ0) is 59.3. The Morgan fingerprint density at radius 2 is 1.48 bits per heavy atom. The number of carboxylic acids is 1. The first kappa shape index (κ1) is 72.3. The van der Waals surface area contributed by atoms with Gasteiger partial charge in [0.25, 0.3) is 0 Å². The number of halogens is 4. The third kappa shape index (κ3) is 23.8. The van der Waals surface area contributed by atoms with Gasteiger partial charge in [0.2, 0.25) is 10.6 Å². The summed E-state index contributed by atoms with van der Waals surface area (Å²) >= 11 is 19.5. The van der Waals surface area contributed by atoms with Gasteiger partial charge in [-0.2, -0.15) is 9.78 Å². The number of nitrogens with two attached hydrogens (primary N) is 1. The summed E-state index contributed by atoms with van der Waals surface area (Å²) in [6.07, 6.45) is 9.32. The van der Waals surface area contributed by atoms with Crippen LogP contribution in [0.25, 0.3) is 37.5 Å². The Bertz CT molecular complexity index is 3550. The number of Topliss-reactive ketones (excluding diaryl/α,β-unsaturated/α-hetero) is 1. The van der Waals surface area contributed by atoms with Crippen molar-refractivity contribution < 1.29 is 33.7 Å². The first-order valence-electron chi connectivity index (χ1n) is 25.4. The number of hydrogen-bond donors (Lipinski definition) is 6. The van der Waals surface area contributed by atoms with Gasteiger partial charge in [0.15, 0.2) is 5.78 Å². The summed E-state index contributed by atoms with van der Waals surface area (Å²) in [4.78, 5) is 57.3. The topological polar surface area (TPSA) is 259 Å². The van der Waals surface area contributed by atoms with Gasteiger partial charge in [-0.15, -0.1) is 11.3 Å². The van der Waals surface area contributed by atoms with Gasteiger partial charge >= 0.3 is 12.1 Å². The number of ketones is 1. The van der Waals surface area contributed by atoms with Crippen molar-refractivity contribution in [1.29, 1.82) is 0 Å². The molecule has 2 aliphatic rings. The fourth-order valence-corrected chi connectivity index (χ4v) is 9.35. The largest absolute Gasteiger partial charge is 0.477 e. The minimum atomic E-state index is -0.864. The lowest BCUT2D eigenvalue weighted by molar-refractivity contribution is 0.0522. The maximum atomic E-state index is 12.2. The van der Waals surface area contributed by atoms with E-state index in [9.17, 15) is 14.4 Å². The molecule has 0 radical (unpaired) electrons. The minimum absolute atomic E-state index is 0. The molecule has 24 heteroatoms. The molecular formula is C61H74Br2Cl2N12O7S. The number of ether oxygens (including phenoxy) is 3. The number of benzene rings is 4. The average Bonchev–Trinajstić information content (AvgIpc) is 3.13. The predicted molar refractivity (Wildman–Crippen MR) is 356 cm³/mol. The van der Waals surface area contributed by atoms with E-state index >= 15 is 0 Å². The lowest BCUT2D eigenvalue weighted by Crippen LogP contribution is -2.27. The summed E-state index contributed by atoms with van der Waals surface area (Å²) in [6, 6.07) is 33.0. The Kier molecular flexibility index (Phi) is 30.2. The van der Waals surface area contributed by atoms with Crippen LogP contribution >= 0.6 is 66.4 Å². The Morgan fingerprint density at radius 3 is 2.00 bits per heavy atom. The number of allylic oxidation sites excluding steroid dienone is 1. The highest BCUT2D eigenvalue weighted by Crippen LogP contribution is 2.29. The lowest BCUT2D eigenvalue weighted by Gasteiger charge is -2.19. The summed E-state index contributed by atoms with van der Waals surface area (Å²) in [7, 11) is 3.62. The summed E-state index contributed by atoms with van der Waals surface area (Å²) in [6.45, 7) is 12.2. The minimum Gasteiger partial charge on any atom is -0.477 e. The van der Waals surface area contributed by atoms with E-state index in [0.29, 0.717) is 39.8 Å². The van der Waals surface area contributed by atoms with Crippen molar-refractivity contribution >= 4 is 151 Å². The van der Waals surface area contributed by atoms with E-state index in [1.54, 1.807) is 56.9 Å². The van der Waals surface area contributed by atoms with Crippen molar-refractivity contribution in [3.63, 3.8) is 0 Å². The Labute approximate surface area is 527 Å². The van der Waals surface area contributed by atoms with Crippen LogP contribution in [0.15, 0.2) is 142 Å². The molecule has 0 bridgehead atoms. The first-order chi connectivity index (χ1) is 39.2. The highest BCUT2D eigenvalue weighted by molar-refractivity contribution is 9.10. The number of aromatic nitrogens is 7. The van der Waals surface area contributed by atoms with Crippen LogP contribution in [0.5, 0.6) is 0 Å². The van der Waals surface area contributed by atoms with Crippen LogP contribution < -0.4 is 21.7 Å². The summed E-state index contributed by atoms with van der Waals surface area (Å²) in [5.41, 5.74) is 11.2. The number of carbonyl (C=O) groups excluding carboxylic acids is 2. The number of hydrogen-bond acceptors (Lipinski definition) is 17. The van der Waals surface area contributed by atoms with E-state index in [-0.39, 0.29) is 38.6 Å². The molecule has 1 saturated heterocycles. The number of nitrogens with zero attached hydrogens (tertiary/aromatic N) is 7. The fraction of sp³-hybridized carbons (Fsp3) is 0.295. The second-order valence-electron chi connectivity index (χ2n) is 19.1. The Morgan fingerprint density at radius 1 is 0.859 bits per heavy atom. The van der Waals surface area contributed by atoms with Crippen molar-refractivity contribution in [3.8, 4) is 0 Å². The molecule has 4 aromatic carbocycles. The van der Waals surface area contributed by atoms with Gasteiger partial charge in [0.05, 0.1) is 37.2 Å². The van der Waals surface area contributed by atoms with Crippen molar-refractivity contribution in [1.82, 2.24) is 40.0 Å². The molecule has 85 heavy (non-hydrogen) atoms. The number of fused-ring (bicyclic) bond motifs is 3. The first-order valence-corrected chi connectivity index (χ1v) is 28.6. The number of thiophene rings is 1. The molecule has 0 amide bonds. The molecule has 2 unspecified atom stereocenters. The van der Waals surface area contributed by atoms with Crippen LogP contribution in [0.3, 0.4) is 0 Å². The van der Waals surface area contributed by atoms with Crippen molar-refractivity contribution in [3.05, 3.63) is 163 Å². The number of aromatic amines is 1. The molecular weight excluding hydrogens is 1280 g/mol. The van der Waals surface area contributed by atoms with Crippen LogP contribution in [0.2, 0.25) is 10.6 Å². The maximum Gasteiger partial charge on any atom is 0.435 e. The zero-order valence-electron chi connectivity index (χ0n) is 45.9. The van der Waals surface area contributed by atoms with Gasteiger partial charge in [-0.1, -0.05) is 84.5 Å². The second-order valence-corrected chi connectivity index (χ2v) is 22.6. The number of carboxylic acid groups (broad SMARTS) is 1. The normalized spacial score (nSPS) is 13.1. The Balaban J connectivity index is 0.000000280. The molecule has 0 saturated carbocycles. The fourth-order valence-electron chi connectivity index (χ4n) is 7.24. The van der Waals surface area contributed by atoms with E-state index in [0.717, 1.165) is 90.6 Å². The molecule has 19 nitrogen and oxygen atoms in total. The third-order valence-electron chi connectivity index (χ3n) is 11.3. The van der Waals surface area contributed by atoms with Gasteiger partial charge in [0.1, 0.15) is 22.1 Å². The monoisotopic (exact) mass is 1350 g/mol. The number of aliphatic imine (C=N–C) groups is 1. The SMILES string of the molecule is C.C.C.CC(=O)c1cc2ccc(Br)cc2[nH]1.CC(C)(C)OC(=O)n1ncc2cc(Nc3ccnc(Cl)n3)ccc21.CNC(C)COC.Clc1nccc(Nc2ccc(C3=CCN=C3)cc2)n1.NC1CCOC1.O=C(O)c1cc2ccc(Br)cc2s1. The molecule has 5 aromatic heterocycles. The van der Waals surface area contributed by atoms with Crippen LogP contribution in [-0.2, 0) is 14.2 Å². The lowest BCUT2D eigenvalue weighted by atomic mass is 10.1. The number of likely N-dealkylation sites (N-methyl/N-ethyl adjacent to an activating group) is 1. The quantitative estimate of drug-likeness (QED) is 0.0549. The Hall–Kier alpha value is -6.99. The maximum absolute atomic E-state index is 12.2. The van der Waals surface area contributed by atoms with Gasteiger partial charge in [0, 0.05) is 92.6 Å². The molecule has 9 aromatic rings. The number of nitrogens with one attached hydrogen (secondary N) is 4. The van der Waals surface area contributed by atoms with E-state index in [1.807, 2.05) is 113 Å². The highest BCUT2D eigenvalue weighted by atomic mass is 79.9. The standard InChI is InChI=1S/C16H16ClN5O2.C14H11ClN4.C10H8BrNO.C9H5BrO2S.C5H13NO.C4H9NO.3CH4/c1-16(2,3)24-15(23)22-12-5-4-11(8-10(12)9-19-22)20-13-6-7-18-14(17)21-13;15-14-17-8-6-13(19-14)18-12-3-1-10(2-4-12)11-5-7-16-9-11;1-6(13)9-4-7-2-3-8(11)5-10(7)12-9;10-6-2-1-5-3-8(9(11)12)13-7(5)4-6;1-5(6-2)4-7-3;5-4-1-2-6-3-4;;;/h4-9H,1-3H3,(H,18,20,21);1-6,8-9H,7H2,(H,17,18,19);2-5,12H,1H3;1-4H,(H,11,12);5-6H,4H2,1-3H3;4H,1-3,5H2;3*1H4. The van der Waals surface area contributed by atoms with E-state index in [4.69, 9.17) is 48.3 Å². The molecule has 454 valence electrons. The van der Waals surface area contributed by atoms with Crippen LogP contribution in [0.4, 0.5) is 27.8 Å². The van der Waals surface area contributed by atoms with Gasteiger partial charge in [-0.3, -0.25) is 9.79 Å². The summed E-state index contributed by atoms with van der Waals surface area (Å²) < 4.78 is 19.3. The van der Waals surface area contributed by atoms with Crippen LogP contribution in [0, 0.1) is 0 Å². The number of H-pyrrole nitrogens is 1. The van der Waals surface area contributed by atoms with Gasteiger partial charge < -0.3 is 46.0 Å². The number of carbonyl (C=O) groups is 3. The molecule has 11 rings (SSSR count). The molecule has 0 spiro atoms. The smallest absolute Gasteiger partial charge is 0.435 e. The number of methoxy groups -OCH3 is 1. The second kappa shape index (κ2) is 35.5. The van der Waals surface area contributed by atoms with E-state index in [2.05, 4.69) is 95.8 Å². The molecule has 2 atom stereocenters. The number of aromatic carboxylic acids is 1. The van der Waals surface area contributed by atoms with E-state index < -0.39 is 17.7 Å². The summed E-state index contributed by atoms with van der Waals surface area (Å²) in [5, 5.41) is 25.4. The number of anilines is 4. The predicted octanol–water partition coefficient (Wildman–Crippen LogP) is 15.7. The van der Waals surface area contributed by atoms with Crippen molar-refractivity contribution in [2.45, 2.75) is 81.0 Å². The van der Waals surface area contributed by atoms with Gasteiger partial charge in [-0.05, 0) is 160 Å². The molecule has 1 fully saturated rings. The van der Waals surface area contributed by atoms with E-state index in [1.165, 1.54) is 16.0 Å². The number of rotatable bonds is 10. The zero-order valence-corrected chi connectivity index (χ0v) is 51.4. The molecule has 2 aliphatic heterocycles. The summed E-state index contributed by atoms with van der Waals surface area (Å²) in [5.74, 6) is 0.452. The molecule has 0 aliphatic carbocycles. The third-order valence-corrected chi connectivity index (χ3v) is 13.8. The highest BCUT2D eigenvalue weighted by Gasteiger charge is 2.20. The van der Waals surface area contributed by atoms with Crippen molar-refractivity contribution in [2.75, 3.05) is 51.2 Å². The van der Waals surface area contributed by atoms with Crippen LogP contribution in [-0.4, -0.2) is 122 Å². The van der Waals surface area contributed by atoms with Crippen LogP contribution in [0.1, 0.15) is 89.0 Å². The van der Waals surface area contributed by atoms with Crippen molar-refractivity contribution in [2.24, 2.45) is 10.7 Å². The molecule has 7 N–H and O–H groups in total. The molecule has 7 heterocycles.